The fourth-order valence-corrected chi connectivity index (χ4v) is 1.66. The normalized spacial score (nSPS) is 9.50. The molecule has 0 bridgehead atoms. The fourth-order valence-electron chi connectivity index (χ4n) is 1.66. The maximum Gasteiger partial charge on any atom is 0.230 e. The van der Waals surface area contributed by atoms with Crippen LogP contribution >= 0.6 is 0 Å². The first-order chi connectivity index (χ1) is 9.54. The van der Waals surface area contributed by atoms with Crippen molar-refractivity contribution in [2.24, 2.45) is 0 Å². The molecule has 0 saturated heterocycles. The summed E-state index contributed by atoms with van der Waals surface area (Å²) < 4.78 is 0. The highest BCUT2D eigenvalue weighted by molar-refractivity contribution is 5.61. The summed E-state index contributed by atoms with van der Waals surface area (Å²) in [7, 11) is 4.02. The van der Waals surface area contributed by atoms with Gasteiger partial charge in [0.1, 0.15) is 11.6 Å². The van der Waals surface area contributed by atoms with E-state index in [1.165, 1.54) is 0 Å². The van der Waals surface area contributed by atoms with Crippen LogP contribution in [0.4, 0.5) is 17.3 Å². The molecular formula is C15H23N5. The number of aromatic nitrogens is 3. The van der Waals surface area contributed by atoms with Crippen LogP contribution in [0.25, 0.3) is 0 Å². The smallest absolute Gasteiger partial charge is 0.230 e. The van der Waals surface area contributed by atoms with Crippen LogP contribution in [0.1, 0.15) is 25.5 Å². The van der Waals surface area contributed by atoms with Crippen molar-refractivity contribution >= 4 is 17.3 Å². The van der Waals surface area contributed by atoms with Crippen LogP contribution in [-0.4, -0.2) is 29.0 Å². The van der Waals surface area contributed by atoms with Crippen LogP contribution in [0.3, 0.4) is 0 Å². The molecule has 1 N–H and O–H groups in total. The maximum atomic E-state index is 4.26. The quantitative estimate of drug-likeness (QED) is 0.929. The number of aryl methyl sites for hydroxylation is 2. The standard InChI is InChI=1S/C13H17N5.C2H6/c1-9-14-10(2)16-13(15-9)17-11-6-5-7-12(8-11)18(3)4;1-2/h5-8H,1-4H3,(H,14,15,16,17);1-2H3. The Kier molecular flexibility index (Phi) is 5.90. The van der Waals surface area contributed by atoms with Gasteiger partial charge in [0.15, 0.2) is 0 Å². The van der Waals surface area contributed by atoms with Crippen molar-refractivity contribution in [1.82, 2.24) is 15.0 Å². The van der Waals surface area contributed by atoms with Gasteiger partial charge < -0.3 is 10.2 Å². The summed E-state index contributed by atoms with van der Waals surface area (Å²) in [5.41, 5.74) is 2.09. The summed E-state index contributed by atoms with van der Waals surface area (Å²) in [5, 5.41) is 3.19. The second-order valence-electron chi connectivity index (χ2n) is 4.32. The van der Waals surface area contributed by atoms with E-state index >= 15 is 0 Å². The third kappa shape index (κ3) is 4.50. The zero-order valence-electron chi connectivity index (χ0n) is 13.1. The Bertz CT molecular complexity index is 531. The number of benzene rings is 1. The third-order valence-electron chi connectivity index (χ3n) is 2.48. The van der Waals surface area contributed by atoms with Gasteiger partial charge in [-0.15, -0.1) is 0 Å². The molecule has 0 unspecified atom stereocenters. The highest BCUT2D eigenvalue weighted by atomic mass is 15.2. The predicted molar refractivity (Wildman–Crippen MR) is 84.7 cm³/mol. The number of rotatable bonds is 3. The molecule has 20 heavy (non-hydrogen) atoms. The first kappa shape index (κ1) is 15.9. The van der Waals surface area contributed by atoms with E-state index in [0.29, 0.717) is 17.6 Å². The lowest BCUT2D eigenvalue weighted by Crippen LogP contribution is -2.09. The van der Waals surface area contributed by atoms with Crippen molar-refractivity contribution in [1.29, 1.82) is 0 Å². The van der Waals surface area contributed by atoms with Crippen LogP contribution in [0.5, 0.6) is 0 Å². The Morgan fingerprint density at radius 3 is 2.10 bits per heavy atom. The van der Waals surface area contributed by atoms with Gasteiger partial charge >= 0.3 is 0 Å². The monoisotopic (exact) mass is 273 g/mol. The molecule has 0 atom stereocenters. The minimum absolute atomic E-state index is 0.580. The molecule has 5 nitrogen and oxygen atoms in total. The summed E-state index contributed by atoms with van der Waals surface area (Å²) in [6.07, 6.45) is 0. The first-order valence-electron chi connectivity index (χ1n) is 6.78. The summed E-state index contributed by atoms with van der Waals surface area (Å²) in [5.74, 6) is 2.01. The highest BCUT2D eigenvalue weighted by Crippen LogP contribution is 2.19. The van der Waals surface area contributed by atoms with Gasteiger partial charge in [-0.3, -0.25) is 0 Å². The van der Waals surface area contributed by atoms with E-state index in [1.54, 1.807) is 0 Å². The Labute approximate surface area is 121 Å². The molecule has 1 aromatic heterocycles. The van der Waals surface area contributed by atoms with Crippen LogP contribution in [0.15, 0.2) is 24.3 Å². The number of anilines is 3. The van der Waals surface area contributed by atoms with Gasteiger partial charge in [0.25, 0.3) is 0 Å². The second kappa shape index (κ2) is 7.43. The third-order valence-corrected chi connectivity index (χ3v) is 2.48. The lowest BCUT2D eigenvalue weighted by atomic mass is 10.2. The molecule has 2 rings (SSSR count). The van der Waals surface area contributed by atoms with Crippen molar-refractivity contribution in [2.75, 3.05) is 24.3 Å². The molecule has 2 aromatic rings. The second-order valence-corrected chi connectivity index (χ2v) is 4.32. The van der Waals surface area contributed by atoms with Gasteiger partial charge in [0, 0.05) is 25.5 Å². The average molecular weight is 273 g/mol. The zero-order chi connectivity index (χ0) is 15.1. The molecule has 0 fully saturated rings. The molecule has 1 aromatic carbocycles. The summed E-state index contributed by atoms with van der Waals surface area (Å²) in [6, 6.07) is 8.09. The van der Waals surface area contributed by atoms with E-state index in [1.807, 2.05) is 53.9 Å². The van der Waals surface area contributed by atoms with Crippen LogP contribution in [0, 0.1) is 13.8 Å². The van der Waals surface area contributed by atoms with E-state index in [4.69, 9.17) is 0 Å². The van der Waals surface area contributed by atoms with Gasteiger partial charge in [0.2, 0.25) is 5.95 Å². The fraction of sp³-hybridized carbons (Fsp3) is 0.400. The Morgan fingerprint density at radius 1 is 0.950 bits per heavy atom. The van der Waals surface area contributed by atoms with E-state index in [2.05, 4.69) is 37.3 Å². The van der Waals surface area contributed by atoms with Gasteiger partial charge in [-0.1, -0.05) is 19.9 Å². The minimum atomic E-state index is 0.580. The Morgan fingerprint density at radius 2 is 1.55 bits per heavy atom. The van der Waals surface area contributed by atoms with Gasteiger partial charge in [0.05, 0.1) is 0 Å². The van der Waals surface area contributed by atoms with Crippen LogP contribution < -0.4 is 10.2 Å². The predicted octanol–water partition coefficient (Wildman–Crippen LogP) is 3.32. The molecular weight excluding hydrogens is 250 g/mol. The summed E-state index contributed by atoms with van der Waals surface area (Å²) in [6.45, 7) is 7.71. The molecule has 108 valence electrons. The lowest BCUT2D eigenvalue weighted by Gasteiger charge is -2.14. The largest absolute Gasteiger partial charge is 0.378 e. The average Bonchev–Trinajstić information content (AvgIpc) is 2.40. The molecule has 5 heteroatoms. The Balaban J connectivity index is 0.000000956. The lowest BCUT2D eigenvalue weighted by molar-refractivity contribution is 0.928. The van der Waals surface area contributed by atoms with Crippen LogP contribution in [0.2, 0.25) is 0 Å². The van der Waals surface area contributed by atoms with E-state index < -0.39 is 0 Å². The molecule has 0 aliphatic heterocycles. The summed E-state index contributed by atoms with van der Waals surface area (Å²) in [4.78, 5) is 14.7. The van der Waals surface area contributed by atoms with Crippen molar-refractivity contribution in [2.45, 2.75) is 27.7 Å². The molecule has 0 radical (unpaired) electrons. The molecule has 0 aliphatic carbocycles. The van der Waals surface area contributed by atoms with Crippen molar-refractivity contribution < 1.29 is 0 Å². The maximum absolute atomic E-state index is 4.26. The topological polar surface area (TPSA) is 53.9 Å². The van der Waals surface area contributed by atoms with E-state index in [9.17, 15) is 0 Å². The number of hydrogen-bond acceptors (Lipinski definition) is 5. The van der Waals surface area contributed by atoms with Crippen molar-refractivity contribution in [3.63, 3.8) is 0 Å². The van der Waals surface area contributed by atoms with Crippen molar-refractivity contribution in [3.8, 4) is 0 Å². The zero-order valence-corrected chi connectivity index (χ0v) is 13.1. The molecule has 1 heterocycles. The number of nitrogens with zero attached hydrogens (tertiary/aromatic N) is 4. The molecule has 0 saturated carbocycles. The number of nitrogens with one attached hydrogen (secondary N) is 1. The van der Waals surface area contributed by atoms with Gasteiger partial charge in [-0.25, -0.2) is 4.98 Å². The SMILES string of the molecule is CC.Cc1nc(C)nc(Nc2cccc(N(C)C)c2)n1. The minimum Gasteiger partial charge on any atom is -0.378 e. The van der Waals surface area contributed by atoms with Gasteiger partial charge in [-0.05, 0) is 32.0 Å². The Hall–Kier alpha value is -2.17. The summed E-state index contributed by atoms with van der Waals surface area (Å²) >= 11 is 0. The van der Waals surface area contributed by atoms with E-state index in [-0.39, 0.29) is 0 Å². The molecule has 0 spiro atoms. The van der Waals surface area contributed by atoms with Crippen molar-refractivity contribution in [3.05, 3.63) is 35.9 Å². The first-order valence-corrected chi connectivity index (χ1v) is 6.78. The van der Waals surface area contributed by atoms with Crippen LogP contribution in [-0.2, 0) is 0 Å². The van der Waals surface area contributed by atoms with Gasteiger partial charge in [-0.2, -0.15) is 9.97 Å². The molecule has 0 amide bonds. The van der Waals surface area contributed by atoms with E-state index in [0.717, 1.165) is 11.4 Å². The number of hydrogen-bond donors (Lipinski definition) is 1. The molecule has 0 aliphatic rings. The highest BCUT2D eigenvalue weighted by Gasteiger charge is 2.02.